The first-order chi connectivity index (χ1) is 10.2. The number of carbonyl (C=O) groups is 1. The van der Waals surface area contributed by atoms with E-state index in [9.17, 15) is 4.79 Å². The molecule has 0 aliphatic heterocycles. The van der Waals surface area contributed by atoms with Crippen LogP contribution in [0.15, 0.2) is 43.0 Å². The van der Waals surface area contributed by atoms with Gasteiger partial charge in [-0.3, -0.25) is 9.89 Å². The van der Waals surface area contributed by atoms with E-state index in [2.05, 4.69) is 30.5 Å². The third-order valence-electron chi connectivity index (χ3n) is 2.77. The van der Waals surface area contributed by atoms with Gasteiger partial charge < -0.3 is 11.1 Å². The Kier molecular flexibility index (Phi) is 3.26. The van der Waals surface area contributed by atoms with Crippen molar-refractivity contribution in [3.63, 3.8) is 0 Å². The van der Waals surface area contributed by atoms with Crippen LogP contribution in [0.25, 0.3) is 11.4 Å². The molecule has 0 spiro atoms. The highest BCUT2D eigenvalue weighted by Crippen LogP contribution is 2.17. The van der Waals surface area contributed by atoms with Gasteiger partial charge in [-0.2, -0.15) is 5.10 Å². The summed E-state index contributed by atoms with van der Waals surface area (Å²) in [6.07, 6.45) is 4.28. The summed E-state index contributed by atoms with van der Waals surface area (Å²) in [6.45, 7) is 0. The molecule has 8 nitrogen and oxygen atoms in total. The molecule has 3 rings (SSSR count). The van der Waals surface area contributed by atoms with Gasteiger partial charge in [-0.05, 0) is 24.3 Å². The number of nitrogens with one attached hydrogen (secondary N) is 2. The topological polar surface area (TPSA) is 122 Å². The molecule has 2 heterocycles. The number of anilines is 2. The van der Waals surface area contributed by atoms with Crippen LogP contribution in [0.3, 0.4) is 0 Å². The van der Waals surface area contributed by atoms with E-state index >= 15 is 0 Å². The number of benzene rings is 1. The van der Waals surface area contributed by atoms with Gasteiger partial charge in [-0.15, -0.1) is 0 Å². The molecule has 0 atom stereocenters. The first-order valence-electron chi connectivity index (χ1n) is 6.07. The molecule has 1 amide bonds. The van der Waals surface area contributed by atoms with E-state index in [1.54, 1.807) is 12.1 Å². The van der Waals surface area contributed by atoms with Gasteiger partial charge in [-0.25, -0.2) is 15.0 Å². The molecule has 0 radical (unpaired) electrons. The SMILES string of the molecule is Nc1nccnc1C(=O)Nc1ccc(-c2ncn[nH]2)cc1. The fourth-order valence-corrected chi connectivity index (χ4v) is 1.77. The predicted molar refractivity (Wildman–Crippen MR) is 76.2 cm³/mol. The Hall–Kier alpha value is -3.29. The van der Waals surface area contributed by atoms with Crippen molar-refractivity contribution in [2.24, 2.45) is 0 Å². The van der Waals surface area contributed by atoms with E-state index in [1.165, 1.54) is 18.7 Å². The van der Waals surface area contributed by atoms with Crippen LogP contribution in [-0.4, -0.2) is 31.1 Å². The normalized spacial score (nSPS) is 10.3. The van der Waals surface area contributed by atoms with Crippen molar-refractivity contribution in [2.75, 3.05) is 11.1 Å². The lowest BCUT2D eigenvalue weighted by Crippen LogP contribution is -2.16. The molecule has 8 heteroatoms. The van der Waals surface area contributed by atoms with Crippen molar-refractivity contribution >= 4 is 17.4 Å². The van der Waals surface area contributed by atoms with E-state index in [0.717, 1.165) is 5.56 Å². The first-order valence-corrected chi connectivity index (χ1v) is 6.07. The fourth-order valence-electron chi connectivity index (χ4n) is 1.77. The number of hydrogen-bond acceptors (Lipinski definition) is 6. The lowest BCUT2D eigenvalue weighted by molar-refractivity contribution is 0.102. The summed E-state index contributed by atoms with van der Waals surface area (Å²) in [7, 11) is 0. The number of carbonyl (C=O) groups excluding carboxylic acids is 1. The van der Waals surface area contributed by atoms with E-state index in [-0.39, 0.29) is 11.5 Å². The van der Waals surface area contributed by atoms with Crippen molar-refractivity contribution in [2.45, 2.75) is 0 Å². The molecule has 3 aromatic rings. The maximum absolute atomic E-state index is 12.0. The number of hydrogen-bond donors (Lipinski definition) is 3. The molecule has 1 aromatic carbocycles. The van der Waals surface area contributed by atoms with Gasteiger partial charge >= 0.3 is 0 Å². The highest BCUT2D eigenvalue weighted by molar-refractivity contribution is 6.05. The average Bonchev–Trinajstić information content (AvgIpc) is 3.02. The number of nitrogens with zero attached hydrogens (tertiary/aromatic N) is 4. The van der Waals surface area contributed by atoms with Crippen molar-refractivity contribution in [1.82, 2.24) is 25.1 Å². The molecule has 0 saturated heterocycles. The molecule has 2 aromatic heterocycles. The van der Waals surface area contributed by atoms with Crippen LogP contribution in [0.4, 0.5) is 11.5 Å². The summed E-state index contributed by atoms with van der Waals surface area (Å²) in [4.78, 5) is 23.8. The third-order valence-corrected chi connectivity index (χ3v) is 2.77. The fraction of sp³-hybridized carbons (Fsp3) is 0. The van der Waals surface area contributed by atoms with Gasteiger partial charge in [0.1, 0.15) is 6.33 Å². The Balaban J connectivity index is 1.77. The number of nitrogens with two attached hydrogens (primary N) is 1. The summed E-state index contributed by atoms with van der Waals surface area (Å²) in [5.74, 6) is 0.340. The number of aromatic nitrogens is 5. The number of rotatable bonds is 3. The summed E-state index contributed by atoms with van der Waals surface area (Å²) in [5.41, 5.74) is 7.19. The Morgan fingerprint density at radius 1 is 1.10 bits per heavy atom. The van der Waals surface area contributed by atoms with E-state index in [1.807, 2.05) is 12.1 Å². The summed E-state index contributed by atoms with van der Waals surface area (Å²) in [5, 5.41) is 9.25. The predicted octanol–water partition coefficient (Wildman–Crippen LogP) is 1.10. The number of amides is 1. The van der Waals surface area contributed by atoms with Gasteiger partial charge in [0.05, 0.1) is 0 Å². The minimum atomic E-state index is -0.409. The largest absolute Gasteiger partial charge is 0.382 e. The summed E-state index contributed by atoms with van der Waals surface area (Å²) >= 11 is 0. The molecule has 0 bridgehead atoms. The van der Waals surface area contributed by atoms with E-state index in [0.29, 0.717) is 11.5 Å². The van der Waals surface area contributed by atoms with Crippen molar-refractivity contribution in [1.29, 1.82) is 0 Å². The maximum atomic E-state index is 12.0. The maximum Gasteiger partial charge on any atom is 0.278 e. The highest BCUT2D eigenvalue weighted by atomic mass is 16.1. The molecule has 4 N–H and O–H groups in total. The minimum Gasteiger partial charge on any atom is -0.382 e. The smallest absolute Gasteiger partial charge is 0.278 e. The van der Waals surface area contributed by atoms with Crippen LogP contribution >= 0.6 is 0 Å². The highest BCUT2D eigenvalue weighted by Gasteiger charge is 2.12. The average molecular weight is 281 g/mol. The van der Waals surface area contributed by atoms with E-state index < -0.39 is 5.91 Å². The van der Waals surface area contributed by atoms with Crippen LogP contribution < -0.4 is 11.1 Å². The minimum absolute atomic E-state index is 0.0910. The monoisotopic (exact) mass is 281 g/mol. The van der Waals surface area contributed by atoms with Gasteiger partial charge in [0.15, 0.2) is 17.3 Å². The van der Waals surface area contributed by atoms with Crippen LogP contribution in [0.2, 0.25) is 0 Å². The van der Waals surface area contributed by atoms with Crippen molar-refractivity contribution < 1.29 is 4.79 Å². The van der Waals surface area contributed by atoms with Crippen molar-refractivity contribution in [3.05, 3.63) is 48.7 Å². The number of nitrogen functional groups attached to an aromatic ring is 1. The Bertz CT molecular complexity index is 752. The first kappa shape index (κ1) is 12.7. The van der Waals surface area contributed by atoms with E-state index in [4.69, 9.17) is 5.73 Å². The van der Waals surface area contributed by atoms with Gasteiger partial charge in [0, 0.05) is 23.6 Å². The molecule has 104 valence electrons. The number of H-pyrrole nitrogens is 1. The van der Waals surface area contributed by atoms with Crippen LogP contribution in [0.5, 0.6) is 0 Å². The quantitative estimate of drug-likeness (QED) is 0.660. The second kappa shape index (κ2) is 5.37. The molecule has 0 aliphatic rings. The third kappa shape index (κ3) is 2.68. The molecule has 0 unspecified atom stereocenters. The Morgan fingerprint density at radius 2 is 1.86 bits per heavy atom. The Morgan fingerprint density at radius 3 is 2.52 bits per heavy atom. The molecule has 0 saturated carbocycles. The Labute approximate surface area is 119 Å². The van der Waals surface area contributed by atoms with Gasteiger partial charge in [0.25, 0.3) is 5.91 Å². The molecule has 21 heavy (non-hydrogen) atoms. The lowest BCUT2D eigenvalue weighted by Gasteiger charge is -2.06. The zero-order chi connectivity index (χ0) is 14.7. The lowest BCUT2D eigenvalue weighted by atomic mass is 10.2. The second-order valence-electron chi connectivity index (χ2n) is 4.16. The summed E-state index contributed by atoms with van der Waals surface area (Å²) < 4.78 is 0. The van der Waals surface area contributed by atoms with Crippen molar-refractivity contribution in [3.8, 4) is 11.4 Å². The van der Waals surface area contributed by atoms with Crippen LogP contribution in [0.1, 0.15) is 10.5 Å². The zero-order valence-electron chi connectivity index (χ0n) is 10.8. The standard InChI is InChI=1S/C13H11N7O/c14-11-10(15-5-6-16-11)13(21)19-9-3-1-8(2-4-9)12-17-7-18-20-12/h1-7H,(H2,14,16)(H,19,21)(H,17,18,20). The second-order valence-corrected chi connectivity index (χ2v) is 4.16. The molecular weight excluding hydrogens is 270 g/mol. The zero-order valence-corrected chi connectivity index (χ0v) is 10.8. The molecule has 0 fully saturated rings. The van der Waals surface area contributed by atoms with Crippen LogP contribution in [0, 0.1) is 0 Å². The van der Waals surface area contributed by atoms with Crippen LogP contribution in [-0.2, 0) is 0 Å². The molecule has 0 aliphatic carbocycles. The molecular formula is C13H11N7O. The van der Waals surface area contributed by atoms with Gasteiger partial charge in [0.2, 0.25) is 0 Å². The number of aromatic amines is 1. The van der Waals surface area contributed by atoms with Gasteiger partial charge in [-0.1, -0.05) is 0 Å². The summed E-state index contributed by atoms with van der Waals surface area (Å²) in [6, 6.07) is 7.14.